The zero-order valence-corrected chi connectivity index (χ0v) is 12.6. The summed E-state index contributed by atoms with van der Waals surface area (Å²) in [5.74, 6) is -1.02. The quantitative estimate of drug-likeness (QED) is 0.813. The molecule has 5 nitrogen and oxygen atoms in total. The van der Waals surface area contributed by atoms with Crippen LogP contribution < -0.4 is 5.32 Å². The van der Waals surface area contributed by atoms with Gasteiger partial charge in [0.2, 0.25) is 0 Å². The summed E-state index contributed by atoms with van der Waals surface area (Å²) >= 11 is 1.40. The number of aliphatic carboxylic acids is 1. The Morgan fingerprint density at radius 3 is 2.47 bits per heavy atom. The van der Waals surface area contributed by atoms with Gasteiger partial charge in [0.25, 0.3) is 5.91 Å². The molecular formula is C13H20N2O3S. The van der Waals surface area contributed by atoms with Crippen LogP contribution in [0.25, 0.3) is 0 Å². The van der Waals surface area contributed by atoms with Gasteiger partial charge in [0, 0.05) is 18.4 Å². The predicted molar refractivity (Wildman–Crippen MR) is 74.8 cm³/mol. The summed E-state index contributed by atoms with van der Waals surface area (Å²) in [7, 11) is 0. The van der Waals surface area contributed by atoms with Gasteiger partial charge in [-0.15, -0.1) is 11.3 Å². The first-order valence-electron chi connectivity index (χ1n) is 6.19. The van der Waals surface area contributed by atoms with Crippen LogP contribution in [-0.2, 0) is 10.2 Å². The van der Waals surface area contributed by atoms with Crippen molar-refractivity contribution in [3.63, 3.8) is 0 Å². The summed E-state index contributed by atoms with van der Waals surface area (Å²) < 4.78 is 0. The zero-order chi connectivity index (χ0) is 14.6. The van der Waals surface area contributed by atoms with Gasteiger partial charge >= 0.3 is 5.97 Å². The van der Waals surface area contributed by atoms with Crippen molar-refractivity contribution in [1.29, 1.82) is 0 Å². The number of nitrogens with one attached hydrogen (secondary N) is 1. The van der Waals surface area contributed by atoms with Gasteiger partial charge in [-0.1, -0.05) is 20.8 Å². The summed E-state index contributed by atoms with van der Waals surface area (Å²) in [6, 6.07) is 0. The summed E-state index contributed by atoms with van der Waals surface area (Å²) in [6.45, 7) is 8.35. The van der Waals surface area contributed by atoms with E-state index in [2.05, 4.69) is 31.1 Å². The minimum absolute atomic E-state index is 0.0647. The molecule has 0 saturated heterocycles. The Labute approximate surface area is 117 Å². The third-order valence-corrected chi connectivity index (χ3v) is 4.08. The van der Waals surface area contributed by atoms with E-state index in [0.29, 0.717) is 17.8 Å². The number of thiazole rings is 1. The highest BCUT2D eigenvalue weighted by molar-refractivity contribution is 7.14. The fourth-order valence-electron chi connectivity index (χ4n) is 1.45. The summed E-state index contributed by atoms with van der Waals surface area (Å²) in [5, 5.41) is 12.2. The molecule has 6 heteroatoms. The van der Waals surface area contributed by atoms with E-state index in [9.17, 15) is 9.59 Å². The lowest BCUT2D eigenvalue weighted by Gasteiger charge is -2.13. The molecule has 0 radical (unpaired) electrons. The lowest BCUT2D eigenvalue weighted by molar-refractivity contribution is -0.137. The minimum atomic E-state index is -0.849. The van der Waals surface area contributed by atoms with Crippen LogP contribution in [0.2, 0.25) is 0 Å². The van der Waals surface area contributed by atoms with Gasteiger partial charge in [0.1, 0.15) is 4.88 Å². The maximum absolute atomic E-state index is 12.0. The van der Waals surface area contributed by atoms with Crippen molar-refractivity contribution >= 4 is 23.2 Å². The van der Waals surface area contributed by atoms with Crippen molar-refractivity contribution in [2.24, 2.45) is 0 Å². The smallest absolute Gasteiger partial charge is 0.303 e. The minimum Gasteiger partial charge on any atom is -0.481 e. The number of carbonyl (C=O) groups excluding carboxylic acids is 1. The summed E-state index contributed by atoms with van der Waals surface area (Å²) in [4.78, 5) is 27.4. The molecule has 0 aliphatic carbocycles. The molecule has 1 amide bonds. The third kappa shape index (κ3) is 4.63. The second-order valence-electron chi connectivity index (χ2n) is 5.44. The molecule has 1 aromatic rings. The van der Waals surface area contributed by atoms with Crippen LogP contribution in [0.1, 0.15) is 54.0 Å². The lowest BCUT2D eigenvalue weighted by Crippen LogP contribution is -2.24. The van der Waals surface area contributed by atoms with Crippen LogP contribution in [0.4, 0.5) is 0 Å². The molecule has 1 rings (SSSR count). The van der Waals surface area contributed by atoms with E-state index in [1.165, 1.54) is 11.3 Å². The van der Waals surface area contributed by atoms with E-state index in [0.717, 1.165) is 10.7 Å². The summed E-state index contributed by atoms with van der Waals surface area (Å²) in [5.41, 5.74) is 0.655. The lowest BCUT2D eigenvalue weighted by atomic mass is 9.98. The number of aryl methyl sites for hydroxylation is 1. The van der Waals surface area contributed by atoms with Crippen LogP contribution in [0, 0.1) is 6.92 Å². The Bertz CT molecular complexity index is 475. The number of carbonyl (C=O) groups is 2. The Balaban J connectivity index is 2.62. The van der Waals surface area contributed by atoms with Crippen LogP contribution in [0.5, 0.6) is 0 Å². The molecule has 0 unspecified atom stereocenters. The standard InChI is InChI=1S/C13H20N2O3S/c1-8-10(19-12(15-8)13(2,3)4)11(18)14-7-5-6-9(16)17/h5-7H2,1-4H3,(H,14,18)(H,16,17). The van der Waals surface area contributed by atoms with Crippen LogP contribution in [-0.4, -0.2) is 28.5 Å². The van der Waals surface area contributed by atoms with Gasteiger partial charge in [-0.05, 0) is 13.3 Å². The normalized spacial score (nSPS) is 11.4. The van der Waals surface area contributed by atoms with E-state index >= 15 is 0 Å². The molecule has 19 heavy (non-hydrogen) atoms. The topological polar surface area (TPSA) is 79.3 Å². The van der Waals surface area contributed by atoms with E-state index in [1.54, 1.807) is 0 Å². The SMILES string of the molecule is Cc1nc(C(C)(C)C)sc1C(=O)NCCCC(=O)O. The van der Waals surface area contributed by atoms with Crippen LogP contribution in [0.15, 0.2) is 0 Å². The number of carboxylic acid groups (broad SMARTS) is 1. The number of carboxylic acids is 1. The highest BCUT2D eigenvalue weighted by atomic mass is 32.1. The van der Waals surface area contributed by atoms with Gasteiger partial charge in [-0.3, -0.25) is 9.59 Å². The number of rotatable bonds is 5. The maximum Gasteiger partial charge on any atom is 0.303 e. The van der Waals surface area contributed by atoms with Gasteiger partial charge in [-0.2, -0.15) is 0 Å². The van der Waals surface area contributed by atoms with Crippen molar-refractivity contribution in [1.82, 2.24) is 10.3 Å². The molecule has 2 N–H and O–H groups in total. The summed E-state index contributed by atoms with van der Waals surface area (Å²) in [6.07, 6.45) is 0.500. The van der Waals surface area contributed by atoms with Gasteiger partial charge in [0.05, 0.1) is 10.7 Å². The van der Waals surface area contributed by atoms with E-state index in [4.69, 9.17) is 5.11 Å². The van der Waals surface area contributed by atoms with Crippen molar-refractivity contribution in [3.8, 4) is 0 Å². The molecule has 0 aromatic carbocycles. The van der Waals surface area contributed by atoms with E-state index in [-0.39, 0.29) is 17.7 Å². The second kappa shape index (κ2) is 6.14. The highest BCUT2D eigenvalue weighted by Gasteiger charge is 2.22. The number of hydrogen-bond donors (Lipinski definition) is 2. The number of hydrogen-bond acceptors (Lipinski definition) is 4. The largest absolute Gasteiger partial charge is 0.481 e. The predicted octanol–water partition coefficient (Wildman–Crippen LogP) is 2.34. The average Bonchev–Trinajstić information content (AvgIpc) is 2.66. The number of aromatic nitrogens is 1. The molecule has 106 valence electrons. The fraction of sp³-hybridized carbons (Fsp3) is 0.615. The Morgan fingerprint density at radius 1 is 1.37 bits per heavy atom. The first-order valence-corrected chi connectivity index (χ1v) is 7.01. The zero-order valence-electron chi connectivity index (χ0n) is 11.7. The van der Waals surface area contributed by atoms with Gasteiger partial charge < -0.3 is 10.4 Å². The van der Waals surface area contributed by atoms with Crippen molar-refractivity contribution in [2.75, 3.05) is 6.54 Å². The Morgan fingerprint density at radius 2 is 2.00 bits per heavy atom. The molecule has 0 aliphatic heterocycles. The Hall–Kier alpha value is -1.43. The fourth-order valence-corrected chi connectivity index (χ4v) is 2.49. The molecule has 1 aromatic heterocycles. The van der Waals surface area contributed by atoms with Crippen LogP contribution in [0.3, 0.4) is 0 Å². The first kappa shape index (κ1) is 15.6. The molecule has 0 saturated carbocycles. The van der Waals surface area contributed by atoms with Crippen molar-refractivity contribution in [3.05, 3.63) is 15.6 Å². The monoisotopic (exact) mass is 284 g/mol. The second-order valence-corrected chi connectivity index (χ2v) is 6.44. The van der Waals surface area contributed by atoms with Crippen molar-refractivity contribution in [2.45, 2.75) is 46.0 Å². The van der Waals surface area contributed by atoms with E-state index in [1.807, 2.05) is 6.92 Å². The Kier molecular flexibility index (Phi) is 5.05. The van der Waals surface area contributed by atoms with E-state index < -0.39 is 5.97 Å². The number of amides is 1. The highest BCUT2D eigenvalue weighted by Crippen LogP contribution is 2.29. The van der Waals surface area contributed by atoms with Gasteiger partial charge in [0.15, 0.2) is 0 Å². The molecular weight excluding hydrogens is 264 g/mol. The van der Waals surface area contributed by atoms with Crippen LogP contribution >= 0.6 is 11.3 Å². The molecule has 0 atom stereocenters. The van der Waals surface area contributed by atoms with Gasteiger partial charge in [-0.25, -0.2) is 4.98 Å². The molecule has 0 fully saturated rings. The maximum atomic E-state index is 12.0. The molecule has 0 aliphatic rings. The van der Waals surface area contributed by atoms with Crippen molar-refractivity contribution < 1.29 is 14.7 Å². The molecule has 0 bridgehead atoms. The molecule has 0 spiro atoms. The average molecular weight is 284 g/mol. The number of nitrogens with zero attached hydrogens (tertiary/aromatic N) is 1. The first-order chi connectivity index (χ1) is 8.71. The third-order valence-electron chi connectivity index (χ3n) is 2.50. The molecule has 1 heterocycles.